The SMILES string of the molecule is CCCCCCCCCCCCCCC(C(=O)N=O)C(CC)N(CC)CC. The van der Waals surface area contributed by atoms with Crippen LogP contribution in [-0.2, 0) is 4.79 Å². The van der Waals surface area contributed by atoms with Crippen LogP contribution in [-0.4, -0.2) is 29.9 Å². The fourth-order valence-electron chi connectivity index (χ4n) is 4.24. The van der Waals surface area contributed by atoms with Gasteiger partial charge in [0.15, 0.2) is 0 Å². The zero-order chi connectivity index (χ0) is 20.3. The van der Waals surface area contributed by atoms with Crippen LogP contribution in [0.25, 0.3) is 0 Å². The fraction of sp³-hybridized carbons (Fsp3) is 0.957. The molecule has 160 valence electrons. The summed E-state index contributed by atoms with van der Waals surface area (Å²) in [5.41, 5.74) is 0. The fourth-order valence-corrected chi connectivity index (χ4v) is 4.24. The molecule has 0 aromatic heterocycles. The summed E-state index contributed by atoms with van der Waals surface area (Å²) < 4.78 is 0. The Hall–Kier alpha value is -0.770. The number of hydrogen-bond donors (Lipinski definition) is 0. The number of rotatable bonds is 19. The van der Waals surface area contributed by atoms with Crippen molar-refractivity contribution in [3.05, 3.63) is 4.91 Å². The lowest BCUT2D eigenvalue weighted by Crippen LogP contribution is -2.42. The third-order valence-corrected chi connectivity index (χ3v) is 5.94. The van der Waals surface area contributed by atoms with Crippen LogP contribution in [0.5, 0.6) is 0 Å². The van der Waals surface area contributed by atoms with Crippen molar-refractivity contribution >= 4 is 5.91 Å². The molecule has 0 saturated carbocycles. The topological polar surface area (TPSA) is 49.7 Å². The average molecular weight is 383 g/mol. The standard InChI is InChI=1S/C23H46N2O2/c1-5-9-10-11-12-13-14-15-16-17-18-19-20-21(23(26)24-27)22(6-2)25(7-3)8-4/h21-22H,5-20H2,1-4H3. The summed E-state index contributed by atoms with van der Waals surface area (Å²) in [6.45, 7) is 10.4. The van der Waals surface area contributed by atoms with E-state index in [1.165, 1.54) is 64.2 Å². The molecule has 0 aromatic rings. The Morgan fingerprint density at radius 3 is 1.56 bits per heavy atom. The Labute approximate surface area is 168 Å². The van der Waals surface area contributed by atoms with Crippen molar-refractivity contribution in [3.8, 4) is 0 Å². The second-order valence-electron chi connectivity index (χ2n) is 7.91. The highest BCUT2D eigenvalue weighted by Gasteiger charge is 2.30. The lowest BCUT2D eigenvalue weighted by atomic mass is 9.89. The molecular formula is C23H46N2O2. The van der Waals surface area contributed by atoms with Crippen LogP contribution in [0.4, 0.5) is 0 Å². The molecule has 0 aliphatic carbocycles. The molecule has 0 rings (SSSR count). The lowest BCUT2D eigenvalue weighted by Gasteiger charge is -2.33. The summed E-state index contributed by atoms with van der Waals surface area (Å²) in [4.78, 5) is 25.2. The molecule has 1 amide bonds. The quantitative estimate of drug-likeness (QED) is 0.177. The Morgan fingerprint density at radius 2 is 1.19 bits per heavy atom. The normalized spacial score (nSPS) is 13.7. The molecular weight excluding hydrogens is 336 g/mol. The van der Waals surface area contributed by atoms with E-state index >= 15 is 0 Å². The van der Waals surface area contributed by atoms with Crippen molar-refractivity contribution < 1.29 is 4.79 Å². The van der Waals surface area contributed by atoms with Crippen molar-refractivity contribution in [2.75, 3.05) is 13.1 Å². The maximum absolute atomic E-state index is 12.1. The zero-order valence-electron chi connectivity index (χ0n) is 18.7. The van der Waals surface area contributed by atoms with E-state index in [-0.39, 0.29) is 12.0 Å². The Morgan fingerprint density at radius 1 is 0.741 bits per heavy atom. The largest absolute Gasteiger partial charge is 0.300 e. The van der Waals surface area contributed by atoms with Gasteiger partial charge in [-0.15, -0.1) is 4.91 Å². The summed E-state index contributed by atoms with van der Waals surface area (Å²) in [6, 6.07) is 0.151. The Kier molecular flexibility index (Phi) is 18.1. The van der Waals surface area contributed by atoms with Crippen molar-refractivity contribution in [1.29, 1.82) is 0 Å². The highest BCUT2D eigenvalue weighted by atomic mass is 16.3. The molecule has 0 N–H and O–H groups in total. The Bertz CT molecular complexity index is 356. The first-order chi connectivity index (χ1) is 13.2. The molecule has 0 aromatic carbocycles. The molecule has 0 radical (unpaired) electrons. The molecule has 2 atom stereocenters. The molecule has 0 bridgehead atoms. The van der Waals surface area contributed by atoms with E-state index in [4.69, 9.17) is 0 Å². The smallest absolute Gasteiger partial charge is 0.290 e. The molecule has 0 aliphatic rings. The van der Waals surface area contributed by atoms with Gasteiger partial charge in [-0.05, 0) is 25.9 Å². The molecule has 4 heteroatoms. The molecule has 0 heterocycles. The molecule has 0 aliphatic heterocycles. The summed E-state index contributed by atoms with van der Waals surface area (Å²) in [5.74, 6) is -0.674. The minimum Gasteiger partial charge on any atom is -0.300 e. The number of nitrogens with zero attached hydrogens (tertiary/aromatic N) is 2. The lowest BCUT2D eigenvalue weighted by molar-refractivity contribution is -0.124. The summed E-state index contributed by atoms with van der Waals surface area (Å²) in [7, 11) is 0. The zero-order valence-corrected chi connectivity index (χ0v) is 18.7. The number of unbranched alkanes of at least 4 members (excludes halogenated alkanes) is 11. The number of amides is 1. The Balaban J connectivity index is 3.98. The number of nitroso groups, excluding NO2 is 1. The number of hydrogen-bond acceptors (Lipinski definition) is 3. The van der Waals surface area contributed by atoms with Crippen molar-refractivity contribution in [1.82, 2.24) is 4.90 Å². The van der Waals surface area contributed by atoms with E-state index < -0.39 is 5.91 Å². The van der Waals surface area contributed by atoms with Gasteiger partial charge in [0, 0.05) is 11.2 Å². The van der Waals surface area contributed by atoms with Gasteiger partial charge in [-0.25, -0.2) is 0 Å². The van der Waals surface area contributed by atoms with E-state index in [1.54, 1.807) is 0 Å². The first kappa shape index (κ1) is 26.2. The monoisotopic (exact) mass is 382 g/mol. The maximum atomic E-state index is 12.1. The molecule has 4 nitrogen and oxygen atoms in total. The minimum atomic E-state index is -0.447. The van der Waals surface area contributed by atoms with Gasteiger partial charge in [-0.3, -0.25) is 4.79 Å². The average Bonchev–Trinajstić information content (AvgIpc) is 2.69. The minimum absolute atomic E-state index is 0.151. The van der Waals surface area contributed by atoms with Gasteiger partial charge in [0.05, 0.1) is 5.92 Å². The van der Waals surface area contributed by atoms with Crippen LogP contribution in [0.1, 0.15) is 118 Å². The highest BCUT2D eigenvalue weighted by Crippen LogP contribution is 2.23. The van der Waals surface area contributed by atoms with Crippen LogP contribution < -0.4 is 0 Å². The first-order valence-electron chi connectivity index (χ1n) is 11.8. The summed E-state index contributed by atoms with van der Waals surface area (Å²) in [6.07, 6.45) is 17.4. The first-order valence-corrected chi connectivity index (χ1v) is 11.8. The molecule has 0 saturated heterocycles. The van der Waals surface area contributed by atoms with Gasteiger partial charge in [0.2, 0.25) is 0 Å². The van der Waals surface area contributed by atoms with Crippen LogP contribution in [0.15, 0.2) is 5.18 Å². The number of carbonyl (C=O) groups excluding carboxylic acids is 1. The molecule has 0 spiro atoms. The predicted octanol–water partition coefficient (Wildman–Crippen LogP) is 7.11. The van der Waals surface area contributed by atoms with E-state index in [2.05, 4.69) is 37.8 Å². The third kappa shape index (κ3) is 12.3. The van der Waals surface area contributed by atoms with Gasteiger partial charge in [-0.2, -0.15) is 0 Å². The van der Waals surface area contributed by atoms with Crippen LogP contribution in [0.3, 0.4) is 0 Å². The van der Waals surface area contributed by atoms with Gasteiger partial charge in [-0.1, -0.05) is 105 Å². The van der Waals surface area contributed by atoms with Gasteiger partial charge < -0.3 is 4.90 Å². The molecule has 27 heavy (non-hydrogen) atoms. The third-order valence-electron chi connectivity index (χ3n) is 5.94. The van der Waals surface area contributed by atoms with E-state index in [0.29, 0.717) is 0 Å². The van der Waals surface area contributed by atoms with Gasteiger partial charge in [0.1, 0.15) is 0 Å². The molecule has 0 fully saturated rings. The van der Waals surface area contributed by atoms with Crippen LogP contribution in [0, 0.1) is 10.8 Å². The second kappa shape index (κ2) is 18.6. The van der Waals surface area contributed by atoms with Crippen molar-refractivity contribution in [2.45, 2.75) is 124 Å². The maximum Gasteiger partial charge on any atom is 0.290 e. The second-order valence-corrected chi connectivity index (χ2v) is 7.91. The van der Waals surface area contributed by atoms with Crippen molar-refractivity contribution in [3.63, 3.8) is 0 Å². The van der Waals surface area contributed by atoms with Gasteiger partial charge in [0.25, 0.3) is 5.91 Å². The predicted molar refractivity (Wildman–Crippen MR) is 117 cm³/mol. The summed E-state index contributed by atoms with van der Waals surface area (Å²) in [5, 5.41) is 2.77. The van der Waals surface area contributed by atoms with Crippen molar-refractivity contribution in [2.24, 2.45) is 11.1 Å². The van der Waals surface area contributed by atoms with Gasteiger partial charge >= 0.3 is 0 Å². The van der Waals surface area contributed by atoms with Crippen LogP contribution >= 0.6 is 0 Å². The number of carbonyl (C=O) groups is 1. The van der Waals surface area contributed by atoms with Crippen LogP contribution in [0.2, 0.25) is 0 Å². The van der Waals surface area contributed by atoms with E-state index in [1.807, 2.05) is 0 Å². The highest BCUT2D eigenvalue weighted by molar-refractivity contribution is 5.80. The summed E-state index contributed by atoms with van der Waals surface area (Å²) >= 11 is 0. The van der Waals surface area contributed by atoms with E-state index in [9.17, 15) is 9.70 Å². The van der Waals surface area contributed by atoms with E-state index in [0.717, 1.165) is 38.8 Å². The molecule has 2 unspecified atom stereocenters.